The lowest BCUT2D eigenvalue weighted by atomic mass is 10.0. The first kappa shape index (κ1) is 15.7. The van der Waals surface area contributed by atoms with Gasteiger partial charge in [0.05, 0.1) is 6.33 Å². The summed E-state index contributed by atoms with van der Waals surface area (Å²) in [4.78, 5) is 29.7. The van der Waals surface area contributed by atoms with E-state index in [4.69, 9.17) is 5.11 Å². The first-order valence-corrected chi connectivity index (χ1v) is 8.13. The molecule has 0 aromatic carbocycles. The number of hydrogen-bond donors (Lipinski definition) is 4. The van der Waals surface area contributed by atoms with Gasteiger partial charge in [0, 0.05) is 24.9 Å². The van der Waals surface area contributed by atoms with Crippen molar-refractivity contribution in [2.24, 2.45) is 5.92 Å². The molecule has 2 rings (SSSR count). The first-order chi connectivity index (χ1) is 10.1. The van der Waals surface area contributed by atoms with Crippen LogP contribution < -0.4 is 10.6 Å². The van der Waals surface area contributed by atoms with Gasteiger partial charge >= 0.3 is 12.0 Å². The van der Waals surface area contributed by atoms with Gasteiger partial charge in [-0.3, -0.25) is 0 Å². The molecular formula is C13H20N4O3S. The normalized spacial score (nSPS) is 17.1. The van der Waals surface area contributed by atoms with Crippen molar-refractivity contribution in [3.8, 4) is 0 Å². The van der Waals surface area contributed by atoms with E-state index in [1.807, 2.05) is 11.8 Å². The number of rotatable bonds is 6. The molecule has 21 heavy (non-hydrogen) atoms. The van der Waals surface area contributed by atoms with Gasteiger partial charge in [0.15, 0.2) is 0 Å². The Hall–Kier alpha value is -1.70. The van der Waals surface area contributed by atoms with Crippen molar-refractivity contribution in [1.82, 2.24) is 20.6 Å². The number of aromatic amines is 1. The van der Waals surface area contributed by atoms with Crippen molar-refractivity contribution in [1.29, 1.82) is 0 Å². The third kappa shape index (κ3) is 5.30. The van der Waals surface area contributed by atoms with Gasteiger partial charge in [-0.05, 0) is 30.3 Å². The van der Waals surface area contributed by atoms with E-state index >= 15 is 0 Å². The summed E-state index contributed by atoms with van der Waals surface area (Å²) in [5, 5.41) is 14.4. The lowest BCUT2D eigenvalue weighted by Crippen LogP contribution is -2.48. The molecule has 0 saturated carbocycles. The number of urea groups is 1. The molecule has 1 fully saturated rings. The molecule has 0 bridgehead atoms. The highest BCUT2D eigenvalue weighted by Gasteiger charge is 2.21. The predicted octanol–water partition coefficient (Wildman–Crippen LogP) is 0.848. The van der Waals surface area contributed by atoms with Crippen LogP contribution in [0.2, 0.25) is 0 Å². The Kier molecular flexibility index (Phi) is 5.91. The summed E-state index contributed by atoms with van der Waals surface area (Å²) in [6.45, 7) is 0.600. The standard InChI is InChI=1S/C13H20N4O3S/c18-12(19)11(5-10-7-14-8-16-10)17-13(20)15-6-9-1-3-21-4-2-9/h7-9,11H,1-6H2,(H,14,16)(H,18,19)(H2,15,17,20)/t11-/m1/s1. The molecule has 1 aromatic heterocycles. The van der Waals surface area contributed by atoms with Gasteiger partial charge < -0.3 is 20.7 Å². The smallest absolute Gasteiger partial charge is 0.326 e. The summed E-state index contributed by atoms with van der Waals surface area (Å²) in [5.41, 5.74) is 0.673. The zero-order valence-corrected chi connectivity index (χ0v) is 12.5. The fourth-order valence-electron chi connectivity index (χ4n) is 2.21. The number of H-pyrrole nitrogens is 1. The minimum absolute atomic E-state index is 0.183. The summed E-state index contributed by atoms with van der Waals surface area (Å²) in [6, 6.07) is -1.40. The zero-order valence-electron chi connectivity index (χ0n) is 11.7. The molecule has 0 unspecified atom stereocenters. The molecule has 2 heterocycles. The number of carboxylic acid groups (broad SMARTS) is 1. The molecular weight excluding hydrogens is 292 g/mol. The van der Waals surface area contributed by atoms with E-state index in [1.165, 1.54) is 6.33 Å². The molecule has 0 radical (unpaired) electrons. The van der Waals surface area contributed by atoms with Crippen LogP contribution in [0.1, 0.15) is 18.5 Å². The number of carbonyl (C=O) groups is 2. The number of carbonyl (C=O) groups excluding carboxylic acids is 1. The topological polar surface area (TPSA) is 107 Å². The maximum absolute atomic E-state index is 11.8. The van der Waals surface area contributed by atoms with Gasteiger partial charge in [-0.25, -0.2) is 14.6 Å². The number of amides is 2. The highest BCUT2D eigenvalue weighted by atomic mass is 32.2. The van der Waals surface area contributed by atoms with E-state index in [0.29, 0.717) is 18.2 Å². The highest BCUT2D eigenvalue weighted by molar-refractivity contribution is 7.99. The number of hydrogen-bond acceptors (Lipinski definition) is 4. The van der Waals surface area contributed by atoms with Gasteiger partial charge in [-0.2, -0.15) is 11.8 Å². The molecule has 2 amide bonds. The maximum atomic E-state index is 11.8. The van der Waals surface area contributed by atoms with Crippen molar-refractivity contribution in [2.75, 3.05) is 18.1 Å². The van der Waals surface area contributed by atoms with E-state index in [9.17, 15) is 9.59 Å². The van der Waals surface area contributed by atoms with E-state index in [0.717, 1.165) is 24.3 Å². The predicted molar refractivity (Wildman–Crippen MR) is 80.3 cm³/mol. The summed E-state index contributed by atoms with van der Waals surface area (Å²) in [6.07, 6.45) is 5.41. The zero-order chi connectivity index (χ0) is 15.1. The Morgan fingerprint density at radius 1 is 1.48 bits per heavy atom. The quantitative estimate of drug-likeness (QED) is 0.623. The summed E-state index contributed by atoms with van der Waals surface area (Å²) in [7, 11) is 0. The molecule has 4 N–H and O–H groups in total. The Bertz CT molecular complexity index is 460. The number of nitrogens with one attached hydrogen (secondary N) is 3. The van der Waals surface area contributed by atoms with Crippen LogP contribution in [0.3, 0.4) is 0 Å². The van der Waals surface area contributed by atoms with Gasteiger partial charge in [0.25, 0.3) is 0 Å². The van der Waals surface area contributed by atoms with Gasteiger partial charge in [-0.15, -0.1) is 0 Å². The monoisotopic (exact) mass is 312 g/mol. The number of aromatic nitrogens is 2. The van der Waals surface area contributed by atoms with Gasteiger partial charge in [-0.1, -0.05) is 0 Å². The molecule has 1 aromatic rings. The third-order valence-electron chi connectivity index (χ3n) is 3.47. The summed E-state index contributed by atoms with van der Waals surface area (Å²) in [5.74, 6) is 1.69. The molecule has 7 nitrogen and oxygen atoms in total. The van der Waals surface area contributed by atoms with Gasteiger partial charge in [0.2, 0.25) is 0 Å². The molecule has 1 aliphatic heterocycles. The lowest BCUT2D eigenvalue weighted by molar-refractivity contribution is -0.139. The maximum Gasteiger partial charge on any atom is 0.326 e. The Morgan fingerprint density at radius 2 is 2.24 bits per heavy atom. The summed E-state index contributed by atoms with van der Waals surface area (Å²) >= 11 is 1.93. The third-order valence-corrected chi connectivity index (χ3v) is 4.52. The molecule has 0 aliphatic carbocycles. The van der Waals surface area contributed by atoms with Crippen LogP contribution in [0, 0.1) is 5.92 Å². The number of nitrogens with zero attached hydrogens (tertiary/aromatic N) is 1. The highest BCUT2D eigenvalue weighted by Crippen LogP contribution is 2.21. The van der Waals surface area contributed by atoms with Crippen LogP contribution in [0.25, 0.3) is 0 Å². The first-order valence-electron chi connectivity index (χ1n) is 6.97. The molecule has 116 valence electrons. The fraction of sp³-hybridized carbons (Fsp3) is 0.615. The molecule has 1 atom stereocenters. The Labute approximate surface area is 127 Å². The number of thioether (sulfide) groups is 1. The minimum Gasteiger partial charge on any atom is -0.480 e. The number of aliphatic carboxylic acids is 1. The van der Waals surface area contributed by atoms with E-state index in [1.54, 1.807) is 6.20 Å². The summed E-state index contributed by atoms with van der Waals surface area (Å²) < 4.78 is 0. The SMILES string of the molecule is O=C(NCC1CCSCC1)N[C@H](Cc1cnc[nH]1)C(=O)O. The van der Waals surface area contributed by atoms with Crippen molar-refractivity contribution < 1.29 is 14.7 Å². The number of carboxylic acids is 1. The largest absolute Gasteiger partial charge is 0.480 e. The van der Waals surface area contributed by atoms with Crippen molar-refractivity contribution in [3.05, 3.63) is 18.2 Å². The second-order valence-corrected chi connectivity index (χ2v) is 6.31. The average molecular weight is 312 g/mol. The van der Waals surface area contributed by atoms with Crippen LogP contribution >= 0.6 is 11.8 Å². The minimum atomic E-state index is -1.06. The molecule has 1 saturated heterocycles. The van der Waals surface area contributed by atoms with E-state index in [2.05, 4.69) is 20.6 Å². The van der Waals surface area contributed by atoms with Crippen LogP contribution in [0.15, 0.2) is 12.5 Å². The van der Waals surface area contributed by atoms with Crippen molar-refractivity contribution in [3.63, 3.8) is 0 Å². The van der Waals surface area contributed by atoms with Crippen LogP contribution in [0.5, 0.6) is 0 Å². The van der Waals surface area contributed by atoms with Crippen LogP contribution in [-0.2, 0) is 11.2 Å². The lowest BCUT2D eigenvalue weighted by Gasteiger charge is -2.22. The average Bonchev–Trinajstić information content (AvgIpc) is 2.98. The Balaban J connectivity index is 1.76. The number of imidazole rings is 1. The van der Waals surface area contributed by atoms with Gasteiger partial charge in [0.1, 0.15) is 6.04 Å². The van der Waals surface area contributed by atoms with Crippen LogP contribution in [-0.4, -0.2) is 51.2 Å². The second kappa shape index (κ2) is 7.92. The molecule has 8 heteroatoms. The van der Waals surface area contributed by atoms with E-state index < -0.39 is 18.0 Å². The Morgan fingerprint density at radius 3 is 2.86 bits per heavy atom. The fourth-order valence-corrected chi connectivity index (χ4v) is 3.42. The van der Waals surface area contributed by atoms with Crippen molar-refractivity contribution >= 4 is 23.8 Å². The van der Waals surface area contributed by atoms with Crippen molar-refractivity contribution in [2.45, 2.75) is 25.3 Å². The molecule has 0 spiro atoms. The van der Waals surface area contributed by atoms with Crippen LogP contribution in [0.4, 0.5) is 4.79 Å². The second-order valence-electron chi connectivity index (χ2n) is 5.08. The molecule has 1 aliphatic rings. The van der Waals surface area contributed by atoms with E-state index in [-0.39, 0.29) is 6.42 Å².